The fourth-order valence-electron chi connectivity index (χ4n) is 3.05. The van der Waals surface area contributed by atoms with Crippen molar-refractivity contribution in [2.45, 2.75) is 13.8 Å². The summed E-state index contributed by atoms with van der Waals surface area (Å²) in [6.45, 7) is 7.15. The Morgan fingerprint density at radius 3 is 2.82 bits per heavy atom. The van der Waals surface area contributed by atoms with Gasteiger partial charge in [-0.2, -0.15) is 0 Å². The molecule has 3 rings (SSSR count). The molecule has 0 spiro atoms. The summed E-state index contributed by atoms with van der Waals surface area (Å²) in [7, 11) is 0. The number of fused-ring (bicyclic) bond motifs is 1. The van der Waals surface area contributed by atoms with E-state index in [1.54, 1.807) is 18.3 Å². The van der Waals surface area contributed by atoms with E-state index in [0.29, 0.717) is 11.0 Å². The van der Waals surface area contributed by atoms with Gasteiger partial charge in [0, 0.05) is 28.9 Å². The Bertz CT molecular complexity index is 1150. The lowest BCUT2D eigenvalue weighted by Crippen LogP contribution is -2.11. The number of hydrogen-bond acceptors (Lipinski definition) is 3. The van der Waals surface area contributed by atoms with Crippen molar-refractivity contribution >= 4 is 39.3 Å². The summed E-state index contributed by atoms with van der Waals surface area (Å²) < 4.78 is 36.9. The van der Waals surface area contributed by atoms with Crippen molar-refractivity contribution in [1.82, 2.24) is 9.97 Å². The molecule has 0 aliphatic rings. The molecular formula is C20H18FN3O3S. The predicted octanol–water partition coefficient (Wildman–Crippen LogP) is 4.38. The van der Waals surface area contributed by atoms with E-state index in [1.807, 2.05) is 13.0 Å². The average molecular weight is 399 g/mol. The Balaban J connectivity index is 2.15. The molecule has 8 heteroatoms. The second-order valence-corrected chi connectivity index (χ2v) is 6.75. The smallest absolute Gasteiger partial charge is 0.259 e. The molecule has 0 bridgehead atoms. The highest BCUT2D eigenvalue weighted by Crippen LogP contribution is 2.29. The Morgan fingerprint density at radius 1 is 1.43 bits per heavy atom. The lowest BCUT2D eigenvalue weighted by molar-refractivity contribution is 0.103. The normalized spacial score (nSPS) is 12.8. The van der Waals surface area contributed by atoms with Gasteiger partial charge in [0.1, 0.15) is 11.5 Å². The van der Waals surface area contributed by atoms with Gasteiger partial charge in [-0.3, -0.25) is 14.1 Å². The fourth-order valence-corrected chi connectivity index (χ4v) is 3.46. The Labute approximate surface area is 163 Å². The minimum Gasteiger partial charge on any atom is -0.345 e. The number of pyridine rings is 1. The van der Waals surface area contributed by atoms with E-state index in [9.17, 15) is 13.4 Å². The number of nitrogens with zero attached hydrogens (tertiary/aromatic N) is 1. The van der Waals surface area contributed by atoms with Gasteiger partial charge in [-0.25, -0.2) is 13.6 Å². The number of carbonyl (C=O) groups is 1. The van der Waals surface area contributed by atoms with Gasteiger partial charge in [-0.15, -0.1) is 0 Å². The van der Waals surface area contributed by atoms with Crippen molar-refractivity contribution < 1.29 is 17.9 Å². The molecule has 2 heterocycles. The van der Waals surface area contributed by atoms with Crippen LogP contribution in [0, 0.1) is 12.7 Å². The first kappa shape index (κ1) is 19.7. The third kappa shape index (κ3) is 3.51. The fraction of sp³-hybridized carbons (Fsp3) is 0.100. The number of aromatic amines is 1. The van der Waals surface area contributed by atoms with E-state index in [1.165, 1.54) is 19.2 Å². The number of nitrogens with one attached hydrogen (secondary N) is 2. The number of allylic oxidation sites excluding steroid dienone is 3. The van der Waals surface area contributed by atoms with Gasteiger partial charge in [-0.1, -0.05) is 18.7 Å². The Hall–Kier alpha value is -3.10. The van der Waals surface area contributed by atoms with Crippen LogP contribution < -0.4 is 4.72 Å². The highest BCUT2D eigenvalue weighted by Gasteiger charge is 2.22. The van der Waals surface area contributed by atoms with Crippen LogP contribution in [0.5, 0.6) is 0 Å². The molecule has 0 saturated carbocycles. The van der Waals surface area contributed by atoms with E-state index in [-0.39, 0.29) is 22.4 Å². The lowest BCUT2D eigenvalue weighted by atomic mass is 9.96. The first-order valence-corrected chi connectivity index (χ1v) is 9.45. The zero-order valence-corrected chi connectivity index (χ0v) is 16.1. The molecular weight excluding hydrogens is 381 g/mol. The molecule has 28 heavy (non-hydrogen) atoms. The maximum atomic E-state index is 14.5. The van der Waals surface area contributed by atoms with E-state index in [2.05, 4.69) is 21.3 Å². The van der Waals surface area contributed by atoms with E-state index >= 15 is 0 Å². The SMILES string of the molecule is C=C/C(=C\C)c1cnc2[nH]cc(C(=O)c3c(F)ccc(NS(=O)O)c3C)c2c1. The molecule has 1 aromatic carbocycles. The molecule has 3 aromatic rings. The van der Waals surface area contributed by atoms with E-state index in [0.717, 1.165) is 17.2 Å². The zero-order chi connectivity index (χ0) is 20.4. The summed E-state index contributed by atoms with van der Waals surface area (Å²) in [5.41, 5.74) is 2.66. The van der Waals surface area contributed by atoms with Crippen molar-refractivity contribution in [3.05, 3.63) is 77.4 Å². The topological polar surface area (TPSA) is 95.1 Å². The first-order chi connectivity index (χ1) is 13.4. The average Bonchev–Trinajstić information content (AvgIpc) is 3.08. The van der Waals surface area contributed by atoms with E-state index in [4.69, 9.17) is 4.55 Å². The standard InChI is InChI=1S/C20H18FN3O3S/c1-4-12(5-2)13-8-14-15(10-23-20(14)22-9-13)19(25)18-11(3)17(24-28(26)27)7-6-16(18)21/h4-10,24H,1H2,2-3H3,(H,22,23)(H,26,27)/b12-5+. The van der Waals surface area contributed by atoms with Crippen LogP contribution in [-0.4, -0.2) is 24.5 Å². The first-order valence-electron chi connectivity index (χ1n) is 8.35. The molecule has 1 atom stereocenters. The number of hydrogen-bond donors (Lipinski definition) is 3. The summed E-state index contributed by atoms with van der Waals surface area (Å²) in [5, 5.41) is 0.548. The van der Waals surface area contributed by atoms with Crippen LogP contribution in [0.15, 0.2) is 49.3 Å². The largest absolute Gasteiger partial charge is 0.345 e. The number of halogens is 1. The minimum atomic E-state index is -2.34. The quantitative estimate of drug-likeness (QED) is 0.326. The highest BCUT2D eigenvalue weighted by atomic mass is 32.2. The van der Waals surface area contributed by atoms with Crippen LogP contribution >= 0.6 is 0 Å². The molecule has 0 aliphatic heterocycles. The Kier molecular flexibility index (Phi) is 5.53. The van der Waals surface area contributed by atoms with Gasteiger partial charge in [0.2, 0.25) is 0 Å². The monoisotopic (exact) mass is 399 g/mol. The van der Waals surface area contributed by atoms with Crippen molar-refractivity contribution in [3.63, 3.8) is 0 Å². The number of ketones is 1. The van der Waals surface area contributed by atoms with Crippen LogP contribution in [0.2, 0.25) is 0 Å². The molecule has 0 amide bonds. The third-order valence-corrected chi connectivity index (χ3v) is 4.87. The third-order valence-electron chi connectivity index (χ3n) is 4.48. The second kappa shape index (κ2) is 7.87. The summed E-state index contributed by atoms with van der Waals surface area (Å²) in [5.74, 6) is -1.26. The van der Waals surface area contributed by atoms with Gasteiger partial charge < -0.3 is 4.98 Å². The Morgan fingerprint density at radius 2 is 2.18 bits per heavy atom. The van der Waals surface area contributed by atoms with Gasteiger partial charge in [0.25, 0.3) is 11.3 Å². The van der Waals surface area contributed by atoms with Crippen LogP contribution in [0.1, 0.15) is 34.0 Å². The molecule has 0 saturated heterocycles. The van der Waals surface area contributed by atoms with Crippen LogP contribution in [0.3, 0.4) is 0 Å². The number of H-pyrrole nitrogens is 1. The zero-order valence-electron chi connectivity index (χ0n) is 15.2. The number of benzene rings is 1. The van der Waals surface area contributed by atoms with Crippen molar-refractivity contribution in [2.75, 3.05) is 4.72 Å². The molecule has 3 N–H and O–H groups in total. The molecule has 0 aliphatic carbocycles. The maximum absolute atomic E-state index is 14.5. The molecule has 0 radical (unpaired) electrons. The second-order valence-electron chi connectivity index (χ2n) is 6.05. The number of carbonyl (C=O) groups excluding carboxylic acids is 1. The van der Waals surface area contributed by atoms with Crippen LogP contribution in [0.4, 0.5) is 10.1 Å². The summed E-state index contributed by atoms with van der Waals surface area (Å²) >= 11 is -2.34. The summed E-state index contributed by atoms with van der Waals surface area (Å²) in [6, 6.07) is 4.19. The summed E-state index contributed by atoms with van der Waals surface area (Å²) in [6.07, 6.45) is 6.70. The van der Waals surface area contributed by atoms with Gasteiger partial charge in [-0.05, 0) is 43.2 Å². The van der Waals surface area contributed by atoms with Crippen LogP contribution in [-0.2, 0) is 11.3 Å². The van der Waals surface area contributed by atoms with E-state index < -0.39 is 22.9 Å². The van der Waals surface area contributed by atoms with Gasteiger partial charge in [0.15, 0.2) is 5.78 Å². The lowest BCUT2D eigenvalue weighted by Gasteiger charge is -2.11. The molecule has 144 valence electrons. The number of aromatic nitrogens is 2. The van der Waals surface area contributed by atoms with Crippen molar-refractivity contribution in [1.29, 1.82) is 0 Å². The molecule has 1 unspecified atom stereocenters. The van der Waals surface area contributed by atoms with Crippen molar-refractivity contribution in [3.8, 4) is 0 Å². The predicted molar refractivity (Wildman–Crippen MR) is 109 cm³/mol. The highest BCUT2D eigenvalue weighted by molar-refractivity contribution is 7.80. The van der Waals surface area contributed by atoms with Gasteiger partial charge in [0.05, 0.1) is 11.3 Å². The summed E-state index contributed by atoms with van der Waals surface area (Å²) in [4.78, 5) is 20.4. The molecule has 2 aromatic heterocycles. The number of anilines is 1. The van der Waals surface area contributed by atoms with Crippen molar-refractivity contribution in [2.24, 2.45) is 0 Å². The number of rotatable bonds is 6. The van der Waals surface area contributed by atoms with Gasteiger partial charge >= 0.3 is 0 Å². The minimum absolute atomic E-state index is 0.170. The molecule has 6 nitrogen and oxygen atoms in total. The van der Waals surface area contributed by atoms with Crippen LogP contribution in [0.25, 0.3) is 16.6 Å². The maximum Gasteiger partial charge on any atom is 0.259 e. The molecule has 0 fully saturated rings.